The van der Waals surface area contributed by atoms with Crippen LogP contribution in [0.5, 0.6) is 0 Å². The van der Waals surface area contributed by atoms with E-state index in [1.165, 1.54) is 36.4 Å². The Morgan fingerprint density at radius 3 is 2.50 bits per heavy atom. The number of non-ortho nitro benzene ring substituents is 1. The third-order valence-electron chi connectivity index (χ3n) is 3.46. The van der Waals surface area contributed by atoms with Crippen molar-refractivity contribution in [2.45, 2.75) is 18.9 Å². The molecule has 1 fully saturated rings. The molecule has 1 unspecified atom stereocenters. The number of nitro groups is 1. The first-order valence-corrected chi connectivity index (χ1v) is 8.46. The fraction of sp³-hybridized carbons (Fsp3) is 0.357. The van der Waals surface area contributed by atoms with E-state index >= 15 is 0 Å². The summed E-state index contributed by atoms with van der Waals surface area (Å²) in [7, 11) is -3.08. The van der Waals surface area contributed by atoms with Crippen molar-refractivity contribution in [2.24, 2.45) is 0 Å². The fourth-order valence-electron chi connectivity index (χ4n) is 2.33. The molecule has 1 heterocycles. The predicted octanol–water partition coefficient (Wildman–Crippen LogP) is 1.30. The van der Waals surface area contributed by atoms with Crippen molar-refractivity contribution in [3.8, 4) is 0 Å². The van der Waals surface area contributed by atoms with Crippen molar-refractivity contribution in [1.29, 1.82) is 0 Å². The van der Waals surface area contributed by atoms with Gasteiger partial charge in [0, 0.05) is 18.2 Å². The SMILES string of the molecule is CC1(NC(=O)/C=C/c2ccc([N+](=O)[O-])cc2)CCS(=O)(=O)C1. The average molecular weight is 324 g/mol. The lowest BCUT2D eigenvalue weighted by Crippen LogP contribution is -2.46. The Bertz CT molecular complexity index is 724. The molecule has 1 N–H and O–H groups in total. The van der Waals surface area contributed by atoms with Crippen LogP contribution in [0.1, 0.15) is 18.9 Å². The van der Waals surface area contributed by atoms with Gasteiger partial charge < -0.3 is 5.32 Å². The average Bonchev–Trinajstić information content (AvgIpc) is 2.70. The lowest BCUT2D eigenvalue weighted by molar-refractivity contribution is -0.384. The van der Waals surface area contributed by atoms with Crippen LogP contribution in [0.15, 0.2) is 30.3 Å². The summed E-state index contributed by atoms with van der Waals surface area (Å²) in [6.45, 7) is 1.70. The molecule has 1 saturated heterocycles. The van der Waals surface area contributed by atoms with Crippen LogP contribution in [0, 0.1) is 10.1 Å². The fourth-order valence-corrected chi connectivity index (χ4v) is 4.42. The third-order valence-corrected chi connectivity index (χ3v) is 5.36. The number of benzene rings is 1. The molecule has 1 aromatic rings. The smallest absolute Gasteiger partial charge is 0.269 e. The molecule has 22 heavy (non-hydrogen) atoms. The number of nitro benzene ring substituents is 1. The normalized spacial score (nSPS) is 23.5. The Morgan fingerprint density at radius 2 is 2.00 bits per heavy atom. The summed E-state index contributed by atoms with van der Waals surface area (Å²) in [5.41, 5.74) is -0.120. The molecule has 1 aromatic carbocycles. The maximum atomic E-state index is 11.9. The van der Waals surface area contributed by atoms with Crippen LogP contribution in [0.2, 0.25) is 0 Å². The first kappa shape index (κ1) is 16.2. The van der Waals surface area contributed by atoms with E-state index < -0.39 is 26.2 Å². The number of rotatable bonds is 4. The van der Waals surface area contributed by atoms with E-state index in [9.17, 15) is 23.3 Å². The van der Waals surface area contributed by atoms with Crippen molar-refractivity contribution in [2.75, 3.05) is 11.5 Å². The molecule has 8 heteroatoms. The summed E-state index contributed by atoms with van der Waals surface area (Å²) in [5, 5.41) is 13.2. The maximum absolute atomic E-state index is 11.9. The zero-order valence-corrected chi connectivity index (χ0v) is 12.8. The molecule has 118 valence electrons. The molecule has 2 rings (SSSR count). The second-order valence-electron chi connectivity index (χ2n) is 5.57. The minimum atomic E-state index is -3.08. The largest absolute Gasteiger partial charge is 0.346 e. The van der Waals surface area contributed by atoms with E-state index in [1.54, 1.807) is 6.92 Å². The summed E-state index contributed by atoms with van der Waals surface area (Å²) >= 11 is 0. The van der Waals surface area contributed by atoms with E-state index in [2.05, 4.69) is 5.32 Å². The van der Waals surface area contributed by atoms with E-state index in [4.69, 9.17) is 0 Å². The number of nitrogens with zero attached hydrogens (tertiary/aromatic N) is 1. The number of amides is 1. The van der Waals surface area contributed by atoms with Gasteiger partial charge in [-0.3, -0.25) is 14.9 Å². The van der Waals surface area contributed by atoms with Crippen LogP contribution in [-0.4, -0.2) is 36.3 Å². The lowest BCUT2D eigenvalue weighted by Gasteiger charge is -2.22. The van der Waals surface area contributed by atoms with Crippen LogP contribution in [-0.2, 0) is 14.6 Å². The predicted molar refractivity (Wildman–Crippen MR) is 81.9 cm³/mol. The van der Waals surface area contributed by atoms with Gasteiger partial charge in [0.15, 0.2) is 9.84 Å². The summed E-state index contributed by atoms with van der Waals surface area (Å²) in [6.07, 6.45) is 3.20. The molecule has 1 aliphatic heterocycles. The van der Waals surface area contributed by atoms with Crippen LogP contribution in [0.25, 0.3) is 6.08 Å². The Hall–Kier alpha value is -2.22. The number of carbonyl (C=O) groups excluding carboxylic acids is 1. The molecule has 7 nitrogen and oxygen atoms in total. The molecule has 0 radical (unpaired) electrons. The molecular formula is C14H16N2O5S. The number of nitrogens with one attached hydrogen (secondary N) is 1. The summed E-state index contributed by atoms with van der Waals surface area (Å²) in [6, 6.07) is 5.76. The van der Waals surface area contributed by atoms with Crippen LogP contribution in [0.4, 0.5) is 5.69 Å². The van der Waals surface area contributed by atoms with Gasteiger partial charge in [0.1, 0.15) is 0 Å². The van der Waals surface area contributed by atoms with Crippen molar-refractivity contribution in [3.05, 3.63) is 46.0 Å². The molecule has 1 aliphatic rings. The lowest BCUT2D eigenvalue weighted by atomic mass is 10.0. The van der Waals surface area contributed by atoms with E-state index in [0.29, 0.717) is 12.0 Å². The summed E-state index contributed by atoms with van der Waals surface area (Å²) in [4.78, 5) is 21.9. The topological polar surface area (TPSA) is 106 Å². The third kappa shape index (κ3) is 4.14. The molecule has 0 saturated carbocycles. The van der Waals surface area contributed by atoms with Gasteiger partial charge in [-0.05, 0) is 37.1 Å². The number of hydrogen-bond acceptors (Lipinski definition) is 5. The number of hydrogen-bond donors (Lipinski definition) is 1. The van der Waals surface area contributed by atoms with Crippen molar-refractivity contribution < 1.29 is 18.1 Å². The zero-order valence-electron chi connectivity index (χ0n) is 12.0. The second kappa shape index (κ2) is 5.88. The van der Waals surface area contributed by atoms with Gasteiger partial charge in [-0.2, -0.15) is 0 Å². The molecule has 1 amide bonds. The Morgan fingerprint density at radius 1 is 1.36 bits per heavy atom. The Kier molecular flexibility index (Phi) is 4.32. The molecule has 0 spiro atoms. The van der Waals surface area contributed by atoms with Crippen molar-refractivity contribution in [3.63, 3.8) is 0 Å². The minimum Gasteiger partial charge on any atom is -0.346 e. The highest BCUT2D eigenvalue weighted by atomic mass is 32.2. The maximum Gasteiger partial charge on any atom is 0.269 e. The van der Waals surface area contributed by atoms with Gasteiger partial charge >= 0.3 is 0 Å². The first-order valence-electron chi connectivity index (χ1n) is 6.64. The highest BCUT2D eigenvalue weighted by Crippen LogP contribution is 2.22. The number of sulfone groups is 1. The van der Waals surface area contributed by atoms with Crippen LogP contribution >= 0.6 is 0 Å². The molecule has 0 aliphatic carbocycles. The van der Waals surface area contributed by atoms with Gasteiger partial charge in [0.25, 0.3) is 5.69 Å². The quantitative estimate of drug-likeness (QED) is 0.510. The Balaban J connectivity index is 1.98. The molecule has 0 bridgehead atoms. The van der Waals surface area contributed by atoms with Gasteiger partial charge in [-0.15, -0.1) is 0 Å². The molecular weight excluding hydrogens is 308 g/mol. The van der Waals surface area contributed by atoms with Crippen molar-refractivity contribution in [1.82, 2.24) is 5.32 Å². The van der Waals surface area contributed by atoms with Crippen LogP contribution in [0.3, 0.4) is 0 Å². The standard InChI is InChI=1S/C14H16N2O5S/c1-14(8-9-22(20,21)10-14)15-13(17)7-4-11-2-5-12(6-3-11)16(18)19/h2-7H,8-10H2,1H3,(H,15,17)/b7-4+. The van der Waals surface area contributed by atoms with E-state index in [-0.39, 0.29) is 17.2 Å². The van der Waals surface area contributed by atoms with Crippen molar-refractivity contribution >= 4 is 27.5 Å². The molecule has 0 aromatic heterocycles. The highest BCUT2D eigenvalue weighted by Gasteiger charge is 2.38. The van der Waals surface area contributed by atoms with E-state index in [0.717, 1.165) is 0 Å². The van der Waals surface area contributed by atoms with Crippen LogP contribution < -0.4 is 5.32 Å². The number of carbonyl (C=O) groups is 1. The first-order chi connectivity index (χ1) is 10.2. The second-order valence-corrected chi connectivity index (χ2v) is 7.76. The zero-order chi connectivity index (χ0) is 16.4. The van der Waals surface area contributed by atoms with Gasteiger partial charge in [-0.25, -0.2) is 8.42 Å². The highest BCUT2D eigenvalue weighted by molar-refractivity contribution is 7.91. The minimum absolute atomic E-state index is 0.0229. The van der Waals surface area contributed by atoms with Gasteiger partial charge in [0.2, 0.25) is 5.91 Å². The van der Waals surface area contributed by atoms with Gasteiger partial charge in [-0.1, -0.05) is 0 Å². The Labute approximate surface area is 128 Å². The summed E-state index contributed by atoms with van der Waals surface area (Å²) < 4.78 is 22.9. The van der Waals surface area contributed by atoms with Gasteiger partial charge in [0.05, 0.1) is 22.0 Å². The van der Waals surface area contributed by atoms with E-state index in [1.807, 2.05) is 0 Å². The molecule has 1 atom stereocenters. The monoisotopic (exact) mass is 324 g/mol. The summed E-state index contributed by atoms with van der Waals surface area (Å²) in [5.74, 6) is -0.370.